The third-order valence-corrected chi connectivity index (χ3v) is 1.95. The maximum Gasteiger partial charge on any atom is 0.340 e. The van der Waals surface area contributed by atoms with Gasteiger partial charge in [-0.05, 0) is 18.1 Å². The normalized spacial score (nSPS) is 10.0. The fraction of sp³-hybridized carbons (Fsp3) is 0.300. The summed E-state index contributed by atoms with van der Waals surface area (Å²) in [7, 11) is 1.12. The van der Waals surface area contributed by atoms with E-state index in [-0.39, 0.29) is 11.1 Å². The Morgan fingerprint density at radius 2 is 2.00 bits per heavy atom. The van der Waals surface area contributed by atoms with Crippen LogP contribution >= 0.6 is 0 Å². The summed E-state index contributed by atoms with van der Waals surface area (Å²) in [4.78, 5) is 11.0. The van der Waals surface area contributed by atoms with Crippen molar-refractivity contribution >= 4 is 5.97 Å². The summed E-state index contributed by atoms with van der Waals surface area (Å²) < 4.78 is 30.7. The van der Waals surface area contributed by atoms with Gasteiger partial charge in [-0.3, -0.25) is 0 Å². The zero-order valence-electron chi connectivity index (χ0n) is 7.93. The number of hydrogen-bond donors (Lipinski definition) is 0. The smallest absolute Gasteiger partial charge is 0.340 e. The molecule has 0 N–H and O–H groups in total. The largest absolute Gasteiger partial charge is 0.465 e. The van der Waals surface area contributed by atoms with E-state index < -0.39 is 17.6 Å². The molecule has 1 rings (SSSR count). The lowest BCUT2D eigenvalue weighted by Gasteiger charge is -2.04. The maximum atomic E-state index is 13.2. The Bertz CT molecular complexity index is 361. The number of ether oxygens (including phenoxy) is 1. The molecular formula is C10H10F2O2. The second-order valence-electron chi connectivity index (χ2n) is 2.75. The molecule has 1 aromatic carbocycles. The van der Waals surface area contributed by atoms with Crippen molar-refractivity contribution in [2.24, 2.45) is 0 Å². The van der Waals surface area contributed by atoms with E-state index in [0.29, 0.717) is 6.42 Å². The zero-order chi connectivity index (χ0) is 10.7. The van der Waals surface area contributed by atoms with Gasteiger partial charge in [0, 0.05) is 0 Å². The number of rotatable bonds is 2. The van der Waals surface area contributed by atoms with Crippen LogP contribution in [0.25, 0.3) is 0 Å². The highest BCUT2D eigenvalue weighted by atomic mass is 19.2. The molecule has 76 valence electrons. The zero-order valence-corrected chi connectivity index (χ0v) is 7.93. The van der Waals surface area contributed by atoms with Gasteiger partial charge >= 0.3 is 5.97 Å². The average molecular weight is 200 g/mol. The molecule has 0 radical (unpaired) electrons. The van der Waals surface area contributed by atoms with Crippen molar-refractivity contribution in [3.05, 3.63) is 34.9 Å². The van der Waals surface area contributed by atoms with Gasteiger partial charge in [-0.25, -0.2) is 13.6 Å². The molecule has 14 heavy (non-hydrogen) atoms. The van der Waals surface area contributed by atoms with Gasteiger partial charge in [-0.15, -0.1) is 0 Å². The highest BCUT2D eigenvalue weighted by Gasteiger charge is 2.17. The predicted octanol–water partition coefficient (Wildman–Crippen LogP) is 2.31. The predicted molar refractivity (Wildman–Crippen MR) is 47.1 cm³/mol. The van der Waals surface area contributed by atoms with Crippen molar-refractivity contribution in [1.29, 1.82) is 0 Å². The first-order valence-electron chi connectivity index (χ1n) is 4.17. The van der Waals surface area contributed by atoms with Gasteiger partial charge in [0.05, 0.1) is 12.7 Å². The Labute approximate surface area is 80.5 Å². The first kappa shape index (κ1) is 10.6. The molecule has 2 nitrogen and oxygen atoms in total. The third kappa shape index (κ3) is 1.73. The fourth-order valence-electron chi connectivity index (χ4n) is 1.13. The summed E-state index contributed by atoms with van der Waals surface area (Å²) >= 11 is 0. The Morgan fingerprint density at radius 3 is 2.50 bits per heavy atom. The number of carbonyl (C=O) groups is 1. The monoisotopic (exact) mass is 200 g/mol. The fourth-order valence-corrected chi connectivity index (χ4v) is 1.13. The molecule has 0 unspecified atom stereocenters. The van der Waals surface area contributed by atoms with Gasteiger partial charge in [0.25, 0.3) is 0 Å². The minimum absolute atomic E-state index is 0.246. The molecule has 0 saturated heterocycles. The Kier molecular flexibility index (Phi) is 3.17. The van der Waals surface area contributed by atoms with Gasteiger partial charge in [0.15, 0.2) is 11.6 Å². The first-order valence-corrected chi connectivity index (χ1v) is 4.17. The number of carbonyl (C=O) groups excluding carboxylic acids is 1. The molecule has 0 aliphatic carbocycles. The first-order chi connectivity index (χ1) is 6.61. The van der Waals surface area contributed by atoms with Gasteiger partial charge in [0.1, 0.15) is 0 Å². The van der Waals surface area contributed by atoms with E-state index in [1.165, 1.54) is 12.1 Å². The van der Waals surface area contributed by atoms with Crippen LogP contribution in [0, 0.1) is 11.6 Å². The number of methoxy groups -OCH3 is 1. The van der Waals surface area contributed by atoms with E-state index in [2.05, 4.69) is 4.74 Å². The Hall–Kier alpha value is -1.45. The van der Waals surface area contributed by atoms with E-state index in [1.807, 2.05) is 0 Å². The Morgan fingerprint density at radius 1 is 1.36 bits per heavy atom. The van der Waals surface area contributed by atoms with E-state index in [0.717, 1.165) is 7.11 Å². The molecular weight excluding hydrogens is 190 g/mol. The molecule has 0 bridgehead atoms. The molecule has 1 aromatic rings. The molecule has 0 atom stereocenters. The van der Waals surface area contributed by atoms with Crippen molar-refractivity contribution in [3.8, 4) is 0 Å². The number of halogens is 2. The molecule has 0 fully saturated rings. The van der Waals surface area contributed by atoms with Crippen LogP contribution in [-0.2, 0) is 11.2 Å². The summed E-state index contributed by atoms with van der Waals surface area (Å²) in [5, 5.41) is 0. The van der Waals surface area contributed by atoms with Crippen LogP contribution < -0.4 is 0 Å². The van der Waals surface area contributed by atoms with E-state index in [4.69, 9.17) is 0 Å². The lowest BCUT2D eigenvalue weighted by Crippen LogP contribution is -2.07. The summed E-state index contributed by atoms with van der Waals surface area (Å²) in [5.74, 6) is -2.99. The van der Waals surface area contributed by atoms with Gasteiger partial charge in [-0.1, -0.05) is 13.0 Å². The summed E-state index contributed by atoms with van der Waals surface area (Å²) in [6.45, 7) is 1.70. The second-order valence-corrected chi connectivity index (χ2v) is 2.75. The molecule has 4 heteroatoms. The molecule has 0 aliphatic rings. The molecule has 0 aliphatic heterocycles. The summed E-state index contributed by atoms with van der Waals surface area (Å²) in [5.41, 5.74) is -0.127. The summed E-state index contributed by atoms with van der Waals surface area (Å²) in [6, 6.07) is 2.60. The van der Waals surface area contributed by atoms with E-state index in [1.54, 1.807) is 6.92 Å². The quantitative estimate of drug-likeness (QED) is 0.685. The van der Waals surface area contributed by atoms with Crippen molar-refractivity contribution in [1.82, 2.24) is 0 Å². The van der Waals surface area contributed by atoms with Crippen molar-refractivity contribution in [2.75, 3.05) is 7.11 Å². The number of hydrogen-bond acceptors (Lipinski definition) is 2. The topological polar surface area (TPSA) is 26.3 Å². The van der Waals surface area contributed by atoms with Gasteiger partial charge in [0.2, 0.25) is 0 Å². The minimum atomic E-state index is -1.14. The summed E-state index contributed by atoms with van der Waals surface area (Å²) in [6.07, 6.45) is 0.379. The van der Waals surface area contributed by atoms with Crippen LogP contribution in [0.2, 0.25) is 0 Å². The molecule has 0 saturated carbocycles. The molecule has 0 spiro atoms. The third-order valence-electron chi connectivity index (χ3n) is 1.95. The highest BCUT2D eigenvalue weighted by Crippen LogP contribution is 2.17. The lowest BCUT2D eigenvalue weighted by molar-refractivity contribution is 0.0594. The SMILES string of the molecule is CCc1ccc(C(=O)OC)c(F)c1F. The van der Waals surface area contributed by atoms with Crippen molar-refractivity contribution in [3.63, 3.8) is 0 Å². The average Bonchev–Trinajstić information content (AvgIpc) is 2.21. The van der Waals surface area contributed by atoms with Crippen molar-refractivity contribution < 1.29 is 18.3 Å². The highest BCUT2D eigenvalue weighted by molar-refractivity contribution is 5.89. The number of benzene rings is 1. The van der Waals surface area contributed by atoms with Gasteiger partial charge in [-0.2, -0.15) is 0 Å². The van der Waals surface area contributed by atoms with Crippen LogP contribution in [0.4, 0.5) is 8.78 Å². The molecule has 0 amide bonds. The lowest BCUT2D eigenvalue weighted by atomic mass is 10.1. The molecule has 0 heterocycles. The van der Waals surface area contributed by atoms with Crippen LogP contribution in [0.5, 0.6) is 0 Å². The maximum absolute atomic E-state index is 13.2. The second kappa shape index (κ2) is 4.17. The van der Waals surface area contributed by atoms with Crippen LogP contribution in [-0.4, -0.2) is 13.1 Å². The van der Waals surface area contributed by atoms with E-state index in [9.17, 15) is 13.6 Å². The Balaban J connectivity index is 3.24. The molecule has 0 aromatic heterocycles. The van der Waals surface area contributed by atoms with Crippen LogP contribution in [0.15, 0.2) is 12.1 Å². The number of aryl methyl sites for hydroxylation is 1. The van der Waals surface area contributed by atoms with Crippen LogP contribution in [0.3, 0.4) is 0 Å². The van der Waals surface area contributed by atoms with Crippen molar-refractivity contribution in [2.45, 2.75) is 13.3 Å². The standard InChI is InChI=1S/C10H10F2O2/c1-3-6-4-5-7(10(13)14-2)9(12)8(6)11/h4-5H,3H2,1-2H3. The number of esters is 1. The minimum Gasteiger partial charge on any atom is -0.465 e. The van der Waals surface area contributed by atoms with Gasteiger partial charge < -0.3 is 4.74 Å². The van der Waals surface area contributed by atoms with Crippen LogP contribution in [0.1, 0.15) is 22.8 Å². The van der Waals surface area contributed by atoms with E-state index >= 15 is 0 Å².